The van der Waals surface area contributed by atoms with E-state index in [0.717, 1.165) is 33.3 Å². The first-order valence-corrected chi connectivity index (χ1v) is 10.3. The van der Waals surface area contributed by atoms with Crippen LogP contribution < -0.4 is 5.32 Å². The molecule has 0 aliphatic rings. The number of para-hydroxylation sites is 1. The van der Waals surface area contributed by atoms with Crippen molar-refractivity contribution < 1.29 is 4.79 Å². The van der Waals surface area contributed by atoms with E-state index in [-0.39, 0.29) is 5.91 Å². The summed E-state index contributed by atoms with van der Waals surface area (Å²) in [6.45, 7) is 6.05. The van der Waals surface area contributed by atoms with Crippen LogP contribution in [0.4, 0.5) is 5.69 Å². The lowest BCUT2D eigenvalue weighted by Gasteiger charge is -2.15. The molecule has 0 saturated heterocycles. The molecule has 3 nitrogen and oxygen atoms in total. The molecule has 0 atom stereocenters. The van der Waals surface area contributed by atoms with Gasteiger partial charge in [-0.05, 0) is 56.2 Å². The summed E-state index contributed by atoms with van der Waals surface area (Å²) in [6, 6.07) is 18.9. The van der Waals surface area contributed by atoms with E-state index in [2.05, 4.69) is 17.4 Å². The Morgan fingerprint density at radius 1 is 0.867 bits per heavy atom. The van der Waals surface area contributed by atoms with Crippen molar-refractivity contribution in [1.29, 1.82) is 0 Å². The van der Waals surface area contributed by atoms with Crippen molar-refractivity contribution in [3.63, 3.8) is 0 Å². The highest BCUT2D eigenvalue weighted by Gasteiger charge is 2.16. The number of pyridine rings is 1. The minimum absolute atomic E-state index is 0.176. The maximum Gasteiger partial charge on any atom is 0.256 e. The average Bonchev–Trinajstić information content (AvgIpc) is 2.71. The minimum Gasteiger partial charge on any atom is -0.321 e. The Hall–Kier alpha value is -2.88. The molecule has 0 saturated carbocycles. The molecule has 0 spiro atoms. The van der Waals surface area contributed by atoms with E-state index in [9.17, 15) is 4.79 Å². The predicted molar refractivity (Wildman–Crippen MR) is 126 cm³/mol. The number of anilines is 1. The van der Waals surface area contributed by atoms with E-state index in [1.165, 1.54) is 5.56 Å². The van der Waals surface area contributed by atoms with Gasteiger partial charge in [-0.15, -0.1) is 0 Å². The fraction of sp³-hybridized carbons (Fsp3) is 0.120. The smallest absolute Gasteiger partial charge is 0.256 e. The van der Waals surface area contributed by atoms with Gasteiger partial charge in [0, 0.05) is 16.6 Å². The Balaban J connectivity index is 1.83. The van der Waals surface area contributed by atoms with Crippen molar-refractivity contribution in [2.24, 2.45) is 0 Å². The van der Waals surface area contributed by atoms with Crippen LogP contribution in [0.3, 0.4) is 0 Å². The van der Waals surface area contributed by atoms with E-state index >= 15 is 0 Å². The van der Waals surface area contributed by atoms with E-state index < -0.39 is 0 Å². The third-order valence-corrected chi connectivity index (χ3v) is 5.83. The number of hydrogen-bond acceptors (Lipinski definition) is 2. The molecule has 1 heterocycles. The highest BCUT2D eigenvalue weighted by Crippen LogP contribution is 2.31. The number of carbonyl (C=O) groups is 1. The van der Waals surface area contributed by atoms with Crippen LogP contribution in [0.15, 0.2) is 60.7 Å². The minimum atomic E-state index is -0.176. The molecule has 0 aliphatic heterocycles. The van der Waals surface area contributed by atoms with Crippen molar-refractivity contribution in [2.75, 3.05) is 5.32 Å². The number of amides is 1. The summed E-state index contributed by atoms with van der Waals surface area (Å²) in [4.78, 5) is 18.1. The SMILES string of the molecule is Cc1cc(C)c(NC(=O)c2cc(-c3ccc(Cl)c(Cl)c3)nc3ccccc23)c(C)c1. The van der Waals surface area contributed by atoms with Crippen LogP contribution in [0.25, 0.3) is 22.2 Å². The zero-order chi connectivity index (χ0) is 21.4. The first-order valence-electron chi connectivity index (χ1n) is 9.58. The molecular formula is C25H20Cl2N2O. The molecule has 1 amide bonds. The normalized spacial score (nSPS) is 11.0. The molecule has 0 radical (unpaired) electrons. The number of aromatic nitrogens is 1. The van der Waals surface area contributed by atoms with E-state index in [0.29, 0.717) is 21.3 Å². The lowest BCUT2D eigenvalue weighted by molar-refractivity contribution is 0.102. The van der Waals surface area contributed by atoms with Crippen LogP contribution in [0.2, 0.25) is 10.0 Å². The van der Waals surface area contributed by atoms with Crippen molar-refractivity contribution in [3.8, 4) is 11.3 Å². The summed E-state index contributed by atoms with van der Waals surface area (Å²) in [5.74, 6) is -0.176. The molecule has 1 N–H and O–H groups in total. The third kappa shape index (κ3) is 3.91. The molecule has 30 heavy (non-hydrogen) atoms. The van der Waals surface area contributed by atoms with Gasteiger partial charge in [0.1, 0.15) is 0 Å². The number of hydrogen-bond donors (Lipinski definition) is 1. The number of fused-ring (bicyclic) bond motifs is 1. The van der Waals surface area contributed by atoms with Gasteiger partial charge in [-0.3, -0.25) is 4.79 Å². The summed E-state index contributed by atoms with van der Waals surface area (Å²) in [5, 5.41) is 4.81. The Bertz CT molecular complexity index is 1270. The molecule has 3 aromatic carbocycles. The summed E-state index contributed by atoms with van der Waals surface area (Å²) < 4.78 is 0. The first-order chi connectivity index (χ1) is 14.3. The van der Waals surface area contributed by atoms with Gasteiger partial charge in [0.2, 0.25) is 0 Å². The van der Waals surface area contributed by atoms with Crippen LogP contribution >= 0.6 is 23.2 Å². The average molecular weight is 435 g/mol. The van der Waals surface area contributed by atoms with Gasteiger partial charge in [0.05, 0.1) is 26.8 Å². The third-order valence-electron chi connectivity index (χ3n) is 5.09. The van der Waals surface area contributed by atoms with Crippen LogP contribution in [0.5, 0.6) is 0 Å². The second-order valence-electron chi connectivity index (χ2n) is 7.43. The van der Waals surface area contributed by atoms with E-state index in [1.807, 2.05) is 51.1 Å². The second kappa shape index (κ2) is 8.10. The lowest BCUT2D eigenvalue weighted by Crippen LogP contribution is -2.15. The molecule has 4 aromatic rings. The fourth-order valence-corrected chi connectivity index (χ4v) is 4.02. The predicted octanol–water partition coefficient (Wildman–Crippen LogP) is 7.39. The quantitative estimate of drug-likeness (QED) is 0.365. The number of rotatable bonds is 3. The van der Waals surface area contributed by atoms with Crippen molar-refractivity contribution in [2.45, 2.75) is 20.8 Å². The van der Waals surface area contributed by atoms with Crippen LogP contribution in [0, 0.1) is 20.8 Å². The molecule has 0 unspecified atom stereocenters. The van der Waals surface area contributed by atoms with Gasteiger partial charge in [-0.2, -0.15) is 0 Å². The van der Waals surface area contributed by atoms with Crippen molar-refractivity contribution >= 4 is 45.7 Å². The Morgan fingerprint density at radius 2 is 1.57 bits per heavy atom. The Morgan fingerprint density at radius 3 is 2.27 bits per heavy atom. The van der Waals surface area contributed by atoms with Gasteiger partial charge in [0.25, 0.3) is 5.91 Å². The molecule has 5 heteroatoms. The zero-order valence-corrected chi connectivity index (χ0v) is 18.4. The van der Waals surface area contributed by atoms with Gasteiger partial charge >= 0.3 is 0 Å². The molecule has 4 rings (SSSR count). The van der Waals surface area contributed by atoms with E-state index in [4.69, 9.17) is 28.2 Å². The molecule has 150 valence electrons. The standard InChI is InChI=1S/C25H20Cl2N2O/c1-14-10-15(2)24(16(3)11-14)29-25(30)19-13-23(17-8-9-20(26)21(27)12-17)28-22-7-5-4-6-18(19)22/h4-13H,1-3H3,(H,29,30). The number of nitrogens with zero attached hydrogens (tertiary/aromatic N) is 1. The molecule has 0 bridgehead atoms. The number of carbonyl (C=O) groups excluding carboxylic acids is 1. The van der Waals surface area contributed by atoms with Crippen molar-refractivity contribution in [3.05, 3.63) is 93.0 Å². The monoisotopic (exact) mass is 434 g/mol. The lowest BCUT2D eigenvalue weighted by atomic mass is 10.0. The Labute approximate surface area is 185 Å². The van der Waals surface area contributed by atoms with Gasteiger partial charge in [-0.1, -0.05) is 65.2 Å². The van der Waals surface area contributed by atoms with Gasteiger partial charge in [-0.25, -0.2) is 4.98 Å². The maximum absolute atomic E-state index is 13.3. The summed E-state index contributed by atoms with van der Waals surface area (Å²) >= 11 is 12.3. The summed E-state index contributed by atoms with van der Waals surface area (Å²) in [6.07, 6.45) is 0. The van der Waals surface area contributed by atoms with E-state index in [1.54, 1.807) is 18.2 Å². The first kappa shape index (κ1) is 20.4. The number of nitrogens with one attached hydrogen (secondary N) is 1. The Kier molecular flexibility index (Phi) is 5.50. The maximum atomic E-state index is 13.3. The number of benzene rings is 3. The van der Waals surface area contributed by atoms with Crippen LogP contribution in [-0.2, 0) is 0 Å². The highest BCUT2D eigenvalue weighted by molar-refractivity contribution is 6.42. The highest BCUT2D eigenvalue weighted by atomic mass is 35.5. The van der Waals surface area contributed by atoms with Gasteiger partial charge < -0.3 is 5.32 Å². The van der Waals surface area contributed by atoms with Crippen molar-refractivity contribution in [1.82, 2.24) is 4.98 Å². The number of halogens is 2. The topological polar surface area (TPSA) is 42.0 Å². The number of aryl methyl sites for hydroxylation is 3. The summed E-state index contributed by atoms with van der Waals surface area (Å²) in [5.41, 5.74) is 6.82. The van der Waals surface area contributed by atoms with Crippen LogP contribution in [0.1, 0.15) is 27.0 Å². The molecule has 0 aliphatic carbocycles. The second-order valence-corrected chi connectivity index (χ2v) is 8.24. The fourth-order valence-electron chi connectivity index (χ4n) is 3.72. The summed E-state index contributed by atoms with van der Waals surface area (Å²) in [7, 11) is 0. The largest absolute Gasteiger partial charge is 0.321 e. The zero-order valence-electron chi connectivity index (χ0n) is 16.9. The van der Waals surface area contributed by atoms with Crippen LogP contribution in [-0.4, -0.2) is 10.9 Å². The molecular weight excluding hydrogens is 415 g/mol. The van der Waals surface area contributed by atoms with Gasteiger partial charge in [0.15, 0.2) is 0 Å². The molecule has 1 aromatic heterocycles. The molecule has 0 fully saturated rings.